The zero-order chi connectivity index (χ0) is 21.7. The van der Waals surface area contributed by atoms with Crippen molar-refractivity contribution in [2.45, 2.75) is 33.2 Å². The normalized spacial score (nSPS) is 11.8. The molecule has 0 aliphatic rings. The molecule has 0 radical (unpaired) electrons. The number of pyridine rings is 3. The minimum Gasteiger partial charge on any atom is -0.346 e. The number of hydrogen-bond acceptors (Lipinski definition) is 4. The molecule has 0 aliphatic heterocycles. The number of aromatic amines is 1. The van der Waals surface area contributed by atoms with Crippen molar-refractivity contribution in [2.24, 2.45) is 0 Å². The summed E-state index contributed by atoms with van der Waals surface area (Å²) in [6.45, 7) is 6.08. The molecule has 0 spiro atoms. The van der Waals surface area contributed by atoms with E-state index in [9.17, 15) is 4.79 Å². The Morgan fingerprint density at radius 3 is 2.77 bits per heavy atom. The lowest BCUT2D eigenvalue weighted by atomic mass is 10.0. The van der Waals surface area contributed by atoms with E-state index in [1.807, 2.05) is 42.0 Å². The quantitative estimate of drug-likeness (QED) is 0.450. The van der Waals surface area contributed by atoms with Crippen molar-refractivity contribution < 1.29 is 0 Å². The second-order valence-corrected chi connectivity index (χ2v) is 8.36. The first-order chi connectivity index (χ1) is 14.9. The van der Waals surface area contributed by atoms with Gasteiger partial charge in [-0.3, -0.25) is 9.36 Å². The van der Waals surface area contributed by atoms with Gasteiger partial charge in [0, 0.05) is 42.1 Å². The van der Waals surface area contributed by atoms with Gasteiger partial charge in [0.15, 0.2) is 5.52 Å². The highest BCUT2D eigenvalue weighted by molar-refractivity contribution is 6.31. The van der Waals surface area contributed by atoms with Crippen LogP contribution in [0.4, 0.5) is 0 Å². The van der Waals surface area contributed by atoms with E-state index in [4.69, 9.17) is 16.6 Å². The molecule has 0 saturated carbocycles. The zero-order valence-electron chi connectivity index (χ0n) is 17.4. The molecule has 0 aromatic carbocycles. The number of rotatable bonds is 4. The van der Waals surface area contributed by atoms with Gasteiger partial charge in [0.25, 0.3) is 5.56 Å². The Labute approximate surface area is 183 Å². The van der Waals surface area contributed by atoms with Crippen molar-refractivity contribution in [3.05, 3.63) is 81.4 Å². The van der Waals surface area contributed by atoms with Gasteiger partial charge in [0.05, 0.1) is 16.9 Å². The maximum atomic E-state index is 13.0. The Kier molecular flexibility index (Phi) is 4.63. The first-order valence-electron chi connectivity index (χ1n) is 10.1. The lowest BCUT2D eigenvalue weighted by Gasteiger charge is -2.11. The summed E-state index contributed by atoms with van der Waals surface area (Å²) in [4.78, 5) is 29.6. The van der Waals surface area contributed by atoms with Crippen LogP contribution in [0.25, 0.3) is 27.9 Å². The third-order valence-electron chi connectivity index (χ3n) is 5.58. The fourth-order valence-corrected chi connectivity index (χ4v) is 4.06. The van der Waals surface area contributed by atoms with Crippen LogP contribution in [-0.2, 0) is 6.42 Å². The fraction of sp³-hybridized carbons (Fsp3) is 0.217. The van der Waals surface area contributed by atoms with Gasteiger partial charge in [-0.15, -0.1) is 0 Å². The van der Waals surface area contributed by atoms with Gasteiger partial charge in [-0.05, 0) is 50.1 Å². The van der Waals surface area contributed by atoms with Crippen molar-refractivity contribution in [1.29, 1.82) is 0 Å². The number of aryl methyl sites for hydroxylation is 1. The van der Waals surface area contributed by atoms with Crippen LogP contribution >= 0.6 is 11.6 Å². The van der Waals surface area contributed by atoms with Crippen LogP contribution < -0.4 is 5.56 Å². The van der Waals surface area contributed by atoms with E-state index in [0.29, 0.717) is 22.8 Å². The molecule has 7 nitrogen and oxygen atoms in total. The van der Waals surface area contributed by atoms with E-state index < -0.39 is 0 Å². The number of H-pyrrole nitrogens is 1. The average Bonchev–Trinajstić information content (AvgIpc) is 3.34. The lowest BCUT2D eigenvalue weighted by molar-refractivity contribution is 0.617. The largest absolute Gasteiger partial charge is 0.346 e. The SMILES string of the molecule is Cc1nc(-n2ccc3c(ncn3C(C)C)c2=O)ccc1Cc1c[nH]c2ncc(Cl)cc12. The maximum Gasteiger partial charge on any atom is 0.284 e. The second kappa shape index (κ2) is 7.35. The van der Waals surface area contributed by atoms with Gasteiger partial charge >= 0.3 is 0 Å². The molecule has 0 amide bonds. The zero-order valence-corrected chi connectivity index (χ0v) is 18.2. The van der Waals surface area contributed by atoms with Gasteiger partial charge < -0.3 is 9.55 Å². The van der Waals surface area contributed by atoms with E-state index in [1.54, 1.807) is 23.3 Å². The number of imidazole rings is 1. The Hall–Kier alpha value is -3.45. The predicted octanol–water partition coefficient (Wildman–Crippen LogP) is 4.59. The van der Waals surface area contributed by atoms with E-state index in [0.717, 1.165) is 33.4 Å². The van der Waals surface area contributed by atoms with E-state index in [1.165, 1.54) is 0 Å². The van der Waals surface area contributed by atoms with Crippen LogP contribution in [0.3, 0.4) is 0 Å². The molecule has 5 aromatic rings. The fourth-order valence-electron chi connectivity index (χ4n) is 3.90. The summed E-state index contributed by atoms with van der Waals surface area (Å²) in [6.07, 6.45) is 7.74. The molecule has 156 valence electrons. The van der Waals surface area contributed by atoms with Gasteiger partial charge in [0.2, 0.25) is 0 Å². The van der Waals surface area contributed by atoms with Crippen LogP contribution in [0.2, 0.25) is 5.02 Å². The minimum atomic E-state index is -0.172. The Balaban J connectivity index is 1.51. The molecule has 0 atom stereocenters. The van der Waals surface area contributed by atoms with E-state index >= 15 is 0 Å². The molecule has 31 heavy (non-hydrogen) atoms. The molecular formula is C23H21ClN6O. The molecule has 5 aromatic heterocycles. The molecule has 0 saturated heterocycles. The predicted molar refractivity (Wildman–Crippen MR) is 122 cm³/mol. The summed E-state index contributed by atoms with van der Waals surface area (Å²) in [7, 11) is 0. The number of fused-ring (bicyclic) bond motifs is 2. The summed E-state index contributed by atoms with van der Waals surface area (Å²) < 4.78 is 3.54. The summed E-state index contributed by atoms with van der Waals surface area (Å²) >= 11 is 6.12. The highest BCUT2D eigenvalue weighted by atomic mass is 35.5. The minimum absolute atomic E-state index is 0.172. The topological polar surface area (TPSA) is 81.4 Å². The molecule has 0 aliphatic carbocycles. The number of nitrogens with zero attached hydrogens (tertiary/aromatic N) is 5. The highest BCUT2D eigenvalue weighted by Gasteiger charge is 2.14. The third-order valence-corrected chi connectivity index (χ3v) is 5.79. The number of aromatic nitrogens is 6. The summed E-state index contributed by atoms with van der Waals surface area (Å²) in [6, 6.07) is 7.94. The van der Waals surface area contributed by atoms with Crippen LogP contribution in [0.1, 0.15) is 36.7 Å². The van der Waals surface area contributed by atoms with Crippen LogP contribution in [0.15, 0.2) is 54.0 Å². The monoisotopic (exact) mass is 432 g/mol. The number of halogens is 1. The first-order valence-corrected chi connectivity index (χ1v) is 10.5. The Bertz CT molecular complexity index is 1490. The summed E-state index contributed by atoms with van der Waals surface area (Å²) in [5.74, 6) is 0.580. The van der Waals surface area contributed by atoms with Gasteiger partial charge in [0.1, 0.15) is 11.5 Å². The molecule has 5 heterocycles. The maximum absolute atomic E-state index is 13.0. The first kappa shape index (κ1) is 19.5. The molecule has 0 bridgehead atoms. The molecule has 0 fully saturated rings. The smallest absolute Gasteiger partial charge is 0.284 e. The average molecular weight is 433 g/mol. The molecule has 8 heteroatoms. The van der Waals surface area contributed by atoms with Crippen LogP contribution in [-0.4, -0.2) is 29.1 Å². The number of hydrogen-bond donors (Lipinski definition) is 1. The van der Waals surface area contributed by atoms with Crippen molar-refractivity contribution in [1.82, 2.24) is 29.1 Å². The van der Waals surface area contributed by atoms with E-state index in [-0.39, 0.29) is 11.6 Å². The molecule has 1 N–H and O–H groups in total. The molecule has 5 rings (SSSR count). The summed E-state index contributed by atoms with van der Waals surface area (Å²) in [5, 5.41) is 1.60. The van der Waals surface area contributed by atoms with Gasteiger partial charge in [-0.1, -0.05) is 17.7 Å². The van der Waals surface area contributed by atoms with Crippen molar-refractivity contribution in [3.63, 3.8) is 0 Å². The molecule has 0 unspecified atom stereocenters. The van der Waals surface area contributed by atoms with Gasteiger partial charge in [-0.25, -0.2) is 15.0 Å². The van der Waals surface area contributed by atoms with Gasteiger partial charge in [-0.2, -0.15) is 0 Å². The molecular weight excluding hydrogens is 412 g/mol. The standard InChI is InChI=1S/C23H21ClN6O/c1-13(2)30-12-27-21-19(30)6-7-29(23(21)31)20-5-4-15(14(3)28-20)8-16-10-25-22-18(16)9-17(24)11-26-22/h4-7,9-13H,8H2,1-3H3,(H,25,26). The van der Waals surface area contributed by atoms with Crippen LogP contribution in [0.5, 0.6) is 0 Å². The van der Waals surface area contributed by atoms with Crippen molar-refractivity contribution >= 4 is 33.7 Å². The van der Waals surface area contributed by atoms with Crippen molar-refractivity contribution in [2.75, 3.05) is 0 Å². The second-order valence-electron chi connectivity index (χ2n) is 7.92. The lowest BCUT2D eigenvalue weighted by Crippen LogP contribution is -2.19. The Morgan fingerprint density at radius 1 is 1.16 bits per heavy atom. The van der Waals surface area contributed by atoms with E-state index in [2.05, 4.69) is 28.8 Å². The number of nitrogens with one attached hydrogen (secondary N) is 1. The summed E-state index contributed by atoms with van der Waals surface area (Å²) in [5.41, 5.74) is 4.94. The third kappa shape index (κ3) is 3.31. The van der Waals surface area contributed by atoms with Crippen molar-refractivity contribution in [3.8, 4) is 5.82 Å². The Morgan fingerprint density at radius 2 is 2.00 bits per heavy atom. The van der Waals surface area contributed by atoms with Crippen LogP contribution in [0, 0.1) is 6.92 Å². The highest BCUT2D eigenvalue weighted by Crippen LogP contribution is 2.24.